The fraction of sp³-hybridized carbons (Fsp3) is 0.308. The average Bonchev–Trinajstić information content (AvgIpc) is 2.45. The van der Waals surface area contributed by atoms with Gasteiger partial charge < -0.3 is 9.84 Å². The number of aliphatic hydroxyl groups is 1. The smallest absolute Gasteiger partial charge is 0.306 e. The number of esters is 1. The highest BCUT2D eigenvalue weighted by molar-refractivity contribution is 7.92. The molecule has 0 saturated carbocycles. The molecule has 8 heteroatoms. The summed E-state index contributed by atoms with van der Waals surface area (Å²) in [7, 11) is -2.55. The van der Waals surface area contributed by atoms with Gasteiger partial charge in [0.15, 0.2) is 0 Å². The van der Waals surface area contributed by atoms with E-state index >= 15 is 0 Å². The summed E-state index contributed by atoms with van der Waals surface area (Å²) in [5.74, 6) is 4.05. The number of aliphatic hydroxyl groups excluding tert-OH is 1. The van der Waals surface area contributed by atoms with Gasteiger partial charge >= 0.3 is 5.97 Å². The number of carbonyl (C=O) groups is 1. The first kappa shape index (κ1) is 17.3. The van der Waals surface area contributed by atoms with Gasteiger partial charge in [0.1, 0.15) is 6.61 Å². The number of sulfonamides is 1. The fourth-order valence-corrected chi connectivity index (χ4v) is 2.62. The van der Waals surface area contributed by atoms with Gasteiger partial charge in [-0.15, -0.1) is 0 Å². The summed E-state index contributed by atoms with van der Waals surface area (Å²) in [5.41, 5.74) is 0.658. The molecule has 0 aliphatic carbocycles. The van der Waals surface area contributed by atoms with Gasteiger partial charge in [0.05, 0.1) is 30.0 Å². The fourth-order valence-electron chi connectivity index (χ4n) is 1.36. The summed E-state index contributed by atoms with van der Waals surface area (Å²) in [6, 6.07) is 4.53. The zero-order valence-electron chi connectivity index (χ0n) is 11.2. The van der Waals surface area contributed by atoms with Gasteiger partial charge in [-0.3, -0.25) is 9.52 Å². The highest BCUT2D eigenvalue weighted by Gasteiger charge is 2.15. The molecule has 1 aromatic rings. The maximum absolute atomic E-state index is 11.8. The van der Waals surface area contributed by atoms with E-state index in [1.54, 1.807) is 6.07 Å². The van der Waals surface area contributed by atoms with E-state index in [0.29, 0.717) is 5.56 Å². The molecule has 1 aromatic carbocycles. The van der Waals surface area contributed by atoms with E-state index in [2.05, 4.69) is 21.3 Å². The molecule has 0 spiro atoms. The second-order valence-electron chi connectivity index (χ2n) is 3.90. The van der Waals surface area contributed by atoms with Gasteiger partial charge in [-0.1, -0.05) is 23.4 Å². The third-order valence-corrected chi connectivity index (χ3v) is 3.95. The zero-order valence-corrected chi connectivity index (χ0v) is 12.8. The zero-order chi connectivity index (χ0) is 15.9. The van der Waals surface area contributed by atoms with E-state index in [1.165, 1.54) is 19.2 Å². The van der Waals surface area contributed by atoms with Crippen LogP contribution in [0.15, 0.2) is 18.2 Å². The minimum absolute atomic E-state index is 0.159. The molecule has 114 valence electrons. The van der Waals surface area contributed by atoms with Crippen LogP contribution < -0.4 is 4.72 Å². The van der Waals surface area contributed by atoms with Crippen LogP contribution in [0.4, 0.5) is 5.69 Å². The van der Waals surface area contributed by atoms with E-state index in [-0.39, 0.29) is 23.7 Å². The number of hydrogen-bond acceptors (Lipinski definition) is 5. The summed E-state index contributed by atoms with van der Waals surface area (Å²) in [6.07, 6.45) is -0.256. The lowest BCUT2D eigenvalue weighted by Crippen LogP contribution is -2.19. The number of halogens is 1. The van der Waals surface area contributed by atoms with Crippen LogP contribution in [-0.4, -0.2) is 39.0 Å². The first-order valence-corrected chi connectivity index (χ1v) is 7.87. The second-order valence-corrected chi connectivity index (χ2v) is 6.15. The monoisotopic (exact) mass is 331 g/mol. The summed E-state index contributed by atoms with van der Waals surface area (Å²) in [5, 5.41) is 8.83. The van der Waals surface area contributed by atoms with Crippen molar-refractivity contribution in [2.75, 3.05) is 24.2 Å². The molecular weight excluding hydrogens is 318 g/mol. The highest BCUT2D eigenvalue weighted by Crippen LogP contribution is 2.24. The summed E-state index contributed by atoms with van der Waals surface area (Å²) >= 11 is 5.91. The van der Waals surface area contributed by atoms with Crippen LogP contribution in [0.3, 0.4) is 0 Å². The van der Waals surface area contributed by atoms with Crippen LogP contribution in [0.1, 0.15) is 12.0 Å². The van der Waals surface area contributed by atoms with E-state index in [4.69, 9.17) is 16.7 Å². The third-order valence-electron chi connectivity index (χ3n) is 2.35. The normalized spacial score (nSPS) is 10.4. The van der Waals surface area contributed by atoms with Gasteiger partial charge in [-0.2, -0.15) is 0 Å². The molecular formula is C13H14ClNO5S. The lowest BCUT2D eigenvalue weighted by Gasteiger charge is -2.09. The Bertz CT molecular complexity index is 676. The molecule has 0 aliphatic heterocycles. The molecule has 0 unspecified atom stereocenters. The summed E-state index contributed by atoms with van der Waals surface area (Å²) in [4.78, 5) is 11.0. The van der Waals surface area contributed by atoms with Crippen LogP contribution in [-0.2, 0) is 19.6 Å². The molecule has 0 bridgehead atoms. The Labute approximate surface area is 128 Å². The SMILES string of the molecule is COC(=O)CCS(=O)(=O)Nc1cc(C#CCO)ccc1Cl. The molecule has 1 rings (SSSR count). The van der Waals surface area contributed by atoms with Gasteiger partial charge in [0.25, 0.3) is 0 Å². The number of nitrogens with one attached hydrogen (secondary N) is 1. The lowest BCUT2D eigenvalue weighted by molar-refractivity contribution is -0.140. The van der Waals surface area contributed by atoms with Crippen LogP contribution in [0.5, 0.6) is 0 Å². The van der Waals surface area contributed by atoms with Crippen molar-refractivity contribution in [1.82, 2.24) is 0 Å². The van der Waals surface area contributed by atoms with Crippen LogP contribution >= 0.6 is 11.6 Å². The Morgan fingerprint density at radius 1 is 1.48 bits per heavy atom. The Balaban J connectivity index is 2.88. The van der Waals surface area contributed by atoms with Crippen molar-refractivity contribution >= 4 is 33.3 Å². The third kappa shape index (κ3) is 6.04. The molecule has 0 heterocycles. The van der Waals surface area contributed by atoms with Crippen molar-refractivity contribution in [3.05, 3.63) is 28.8 Å². The molecule has 0 fully saturated rings. The Morgan fingerprint density at radius 3 is 2.81 bits per heavy atom. The number of ether oxygens (including phenoxy) is 1. The van der Waals surface area contributed by atoms with Crippen molar-refractivity contribution in [3.8, 4) is 11.8 Å². The first-order valence-electron chi connectivity index (χ1n) is 5.84. The van der Waals surface area contributed by atoms with Crippen LogP contribution in [0.25, 0.3) is 0 Å². The van der Waals surface area contributed by atoms with Gasteiger partial charge in [0, 0.05) is 5.56 Å². The minimum Gasteiger partial charge on any atom is -0.469 e. The molecule has 2 N–H and O–H groups in total. The standard InChI is InChI=1S/C13H14ClNO5S/c1-20-13(17)6-8-21(18,19)15-12-9-10(3-2-7-16)4-5-11(12)14/h4-5,9,15-16H,6-8H2,1H3. The predicted molar refractivity (Wildman–Crippen MR) is 79.5 cm³/mol. The molecule has 0 aromatic heterocycles. The van der Waals surface area contributed by atoms with Gasteiger partial charge in [-0.05, 0) is 18.2 Å². The summed E-state index contributed by atoms with van der Waals surface area (Å²) in [6.45, 7) is -0.303. The highest BCUT2D eigenvalue weighted by atomic mass is 35.5. The largest absolute Gasteiger partial charge is 0.469 e. The molecule has 0 saturated heterocycles. The maximum Gasteiger partial charge on any atom is 0.306 e. The van der Waals surface area contributed by atoms with Crippen LogP contribution in [0.2, 0.25) is 5.02 Å². The van der Waals surface area contributed by atoms with E-state index in [9.17, 15) is 13.2 Å². The van der Waals surface area contributed by atoms with E-state index in [1.807, 2.05) is 0 Å². The Kier molecular flexibility index (Phi) is 6.49. The van der Waals surface area contributed by atoms with Crippen molar-refractivity contribution in [3.63, 3.8) is 0 Å². The van der Waals surface area contributed by atoms with Crippen LogP contribution in [0, 0.1) is 11.8 Å². The minimum atomic E-state index is -3.73. The molecule has 0 atom stereocenters. The molecule has 6 nitrogen and oxygen atoms in total. The van der Waals surface area contributed by atoms with Crippen molar-refractivity contribution < 1.29 is 23.1 Å². The van der Waals surface area contributed by atoms with Crippen molar-refractivity contribution in [1.29, 1.82) is 0 Å². The Morgan fingerprint density at radius 2 is 2.19 bits per heavy atom. The summed E-state index contributed by atoms with van der Waals surface area (Å²) < 4.78 is 30.4. The topological polar surface area (TPSA) is 92.7 Å². The lowest BCUT2D eigenvalue weighted by atomic mass is 10.2. The first-order chi connectivity index (χ1) is 9.88. The quantitative estimate of drug-likeness (QED) is 0.620. The number of rotatable bonds is 5. The van der Waals surface area contributed by atoms with Gasteiger partial charge in [0.2, 0.25) is 10.0 Å². The number of carbonyl (C=O) groups excluding carboxylic acids is 1. The van der Waals surface area contributed by atoms with E-state index < -0.39 is 21.7 Å². The van der Waals surface area contributed by atoms with Crippen molar-refractivity contribution in [2.45, 2.75) is 6.42 Å². The number of hydrogen-bond donors (Lipinski definition) is 2. The van der Waals surface area contributed by atoms with Gasteiger partial charge in [-0.25, -0.2) is 8.42 Å². The maximum atomic E-state index is 11.8. The molecule has 0 radical (unpaired) electrons. The van der Waals surface area contributed by atoms with Crippen molar-refractivity contribution in [2.24, 2.45) is 0 Å². The predicted octanol–water partition coefficient (Wildman–Crippen LogP) is 0.989. The number of benzene rings is 1. The molecule has 21 heavy (non-hydrogen) atoms. The van der Waals surface area contributed by atoms with E-state index in [0.717, 1.165) is 0 Å². The number of methoxy groups -OCH3 is 1. The average molecular weight is 332 g/mol. The second kappa shape index (κ2) is 7.88. The molecule has 0 amide bonds. The number of anilines is 1. The Hall–Kier alpha value is -1.75. The molecule has 0 aliphatic rings.